The van der Waals surface area contributed by atoms with Gasteiger partial charge < -0.3 is 0 Å². The minimum absolute atomic E-state index is 1.08. The Hall–Kier alpha value is -4.76. The molecule has 1 aliphatic heterocycles. The molecule has 0 amide bonds. The summed E-state index contributed by atoms with van der Waals surface area (Å²) < 4.78 is 0. The number of thioether (sulfide) groups is 1. The molecule has 0 fully saturated rings. The van der Waals surface area contributed by atoms with Crippen molar-refractivity contribution in [3.05, 3.63) is 201 Å². The molecule has 5 aromatic rings. The maximum atomic E-state index is 2.40. The molecule has 2 aliphatic carbocycles. The van der Waals surface area contributed by atoms with E-state index in [4.69, 9.17) is 0 Å². The van der Waals surface area contributed by atoms with Gasteiger partial charge in [-0.05, 0) is 82.9 Å². The average Bonchev–Trinajstić information content (AvgIpc) is 3.76. The monoisotopic (exact) mass is 639 g/mol. The molecular weight excluding hydrogens is 605 g/mol. The zero-order valence-electron chi connectivity index (χ0n) is 26.2. The molecule has 0 nitrogen and oxygen atoms in total. The summed E-state index contributed by atoms with van der Waals surface area (Å²) in [7, 11) is 0. The van der Waals surface area contributed by atoms with E-state index in [1.54, 1.807) is 0 Å². The van der Waals surface area contributed by atoms with Crippen molar-refractivity contribution in [1.29, 1.82) is 0 Å². The molecule has 2 heterocycles. The lowest BCUT2D eigenvalue weighted by Gasteiger charge is -2.21. The maximum absolute atomic E-state index is 2.40. The van der Waals surface area contributed by atoms with Gasteiger partial charge in [-0.2, -0.15) is 0 Å². The summed E-state index contributed by atoms with van der Waals surface area (Å²) in [5, 5.41) is 0. The van der Waals surface area contributed by atoms with Gasteiger partial charge in [-0.25, -0.2) is 0 Å². The third kappa shape index (κ3) is 6.20. The van der Waals surface area contributed by atoms with E-state index in [0.29, 0.717) is 0 Å². The second kappa shape index (κ2) is 13.5. The molecule has 0 saturated carbocycles. The summed E-state index contributed by atoms with van der Waals surface area (Å²) in [5.41, 5.74) is 13.7. The van der Waals surface area contributed by atoms with Crippen molar-refractivity contribution in [2.75, 3.05) is 0 Å². The SMILES string of the molecule is C1=C(c2ccccc2)SC2=C(/C=C/C=C/C=C3/CCc4c(-c5ccccc5)cc(-c5ccccc5)[s+]c43)CCC2=C1c1ccccc1. The summed E-state index contributed by atoms with van der Waals surface area (Å²) >= 11 is 3.87. The minimum Gasteiger partial charge on any atom is -0.0888 e. The second-order valence-corrected chi connectivity index (χ2v) is 14.2. The van der Waals surface area contributed by atoms with Crippen LogP contribution in [-0.2, 0) is 6.42 Å². The van der Waals surface area contributed by atoms with E-state index in [1.807, 2.05) is 23.1 Å². The number of benzene rings is 4. The minimum atomic E-state index is 1.08. The van der Waals surface area contributed by atoms with Crippen LogP contribution < -0.4 is 0 Å². The van der Waals surface area contributed by atoms with Gasteiger partial charge in [0.2, 0.25) is 21.1 Å². The van der Waals surface area contributed by atoms with E-state index in [-0.39, 0.29) is 0 Å². The number of fused-ring (bicyclic) bond motifs is 2. The molecular formula is C45H35S2+. The van der Waals surface area contributed by atoms with E-state index < -0.39 is 0 Å². The molecule has 47 heavy (non-hydrogen) atoms. The van der Waals surface area contributed by atoms with Crippen molar-refractivity contribution >= 4 is 39.2 Å². The van der Waals surface area contributed by atoms with Crippen molar-refractivity contribution < 1.29 is 0 Å². The predicted octanol–water partition coefficient (Wildman–Crippen LogP) is 13.1. The molecule has 0 bridgehead atoms. The van der Waals surface area contributed by atoms with Gasteiger partial charge >= 0.3 is 0 Å². The molecule has 0 spiro atoms. The van der Waals surface area contributed by atoms with Crippen LogP contribution in [0.15, 0.2) is 180 Å². The van der Waals surface area contributed by atoms with Gasteiger partial charge in [0, 0.05) is 32.6 Å². The van der Waals surface area contributed by atoms with Crippen molar-refractivity contribution in [2.45, 2.75) is 25.7 Å². The molecule has 0 unspecified atom stereocenters. The second-order valence-electron chi connectivity index (χ2n) is 12.1. The Morgan fingerprint density at radius 3 is 1.91 bits per heavy atom. The predicted molar refractivity (Wildman–Crippen MR) is 206 cm³/mol. The van der Waals surface area contributed by atoms with Crippen molar-refractivity contribution in [3.63, 3.8) is 0 Å². The van der Waals surface area contributed by atoms with Gasteiger partial charge in [0.05, 0.1) is 0 Å². The van der Waals surface area contributed by atoms with E-state index in [2.05, 4.69) is 164 Å². The largest absolute Gasteiger partial charge is 0.239 e. The number of hydrogen-bond donors (Lipinski definition) is 0. The topological polar surface area (TPSA) is 0 Å². The molecule has 2 heteroatoms. The van der Waals surface area contributed by atoms with Crippen LogP contribution >= 0.6 is 23.1 Å². The molecule has 0 N–H and O–H groups in total. The normalized spacial score (nSPS) is 16.8. The van der Waals surface area contributed by atoms with E-state index in [0.717, 1.165) is 25.7 Å². The first-order chi connectivity index (χ1) is 23.3. The summed E-state index contributed by atoms with van der Waals surface area (Å²) in [6.07, 6.45) is 18.1. The Kier molecular flexibility index (Phi) is 8.53. The molecule has 3 aliphatic rings. The van der Waals surface area contributed by atoms with Crippen molar-refractivity contribution in [2.24, 2.45) is 0 Å². The van der Waals surface area contributed by atoms with Crippen molar-refractivity contribution in [3.8, 4) is 21.6 Å². The van der Waals surface area contributed by atoms with Gasteiger partial charge in [0.1, 0.15) is 0 Å². The first kappa shape index (κ1) is 29.6. The Morgan fingerprint density at radius 1 is 0.574 bits per heavy atom. The molecule has 0 atom stereocenters. The van der Waals surface area contributed by atoms with Crippen LogP contribution in [0.25, 0.3) is 37.6 Å². The molecule has 0 radical (unpaired) electrons. The highest BCUT2D eigenvalue weighted by atomic mass is 32.2. The zero-order chi connectivity index (χ0) is 31.4. The fourth-order valence-corrected chi connectivity index (χ4v) is 9.38. The fourth-order valence-electron chi connectivity index (χ4n) is 6.81. The summed E-state index contributed by atoms with van der Waals surface area (Å²) in [4.78, 5) is 5.51. The zero-order valence-corrected chi connectivity index (χ0v) is 27.9. The van der Waals surface area contributed by atoms with Gasteiger partial charge in [0.15, 0.2) is 0 Å². The van der Waals surface area contributed by atoms with Crippen molar-refractivity contribution in [1.82, 2.24) is 0 Å². The Morgan fingerprint density at radius 2 is 1.21 bits per heavy atom. The summed E-state index contributed by atoms with van der Waals surface area (Å²) in [6.45, 7) is 0. The Bertz CT molecular complexity index is 2110. The smallest absolute Gasteiger partial charge is 0.0888 e. The number of rotatable bonds is 7. The standard InChI is InChI=1S/C45H35S2/c1-6-16-32(17-7-1)40-30-42(34-20-10-3-11-21-34)46-44-36(26-28-38(40)44)24-14-5-15-25-37-27-29-39-41(33-18-8-2-9-19-33)31-43(47-45(37)39)35-22-12-4-13-23-35/h1-25,30-31H,26-29H2/q+1. The molecule has 226 valence electrons. The fraction of sp³-hybridized carbons (Fsp3) is 0.0889. The van der Waals surface area contributed by atoms with Crippen LogP contribution in [0, 0.1) is 0 Å². The summed E-state index contributed by atoms with van der Waals surface area (Å²) in [6, 6.07) is 45.8. The number of allylic oxidation sites excluding steroid dienone is 10. The first-order valence-electron chi connectivity index (χ1n) is 16.4. The average molecular weight is 640 g/mol. The van der Waals surface area contributed by atoms with Crippen LogP contribution in [0.5, 0.6) is 0 Å². The van der Waals surface area contributed by atoms with Crippen LogP contribution in [-0.4, -0.2) is 0 Å². The van der Waals surface area contributed by atoms with E-state index in [1.165, 1.54) is 75.2 Å². The maximum Gasteiger partial charge on any atom is 0.239 e. The van der Waals surface area contributed by atoms with Crippen LogP contribution in [0.3, 0.4) is 0 Å². The molecule has 1 aromatic heterocycles. The lowest BCUT2D eigenvalue weighted by molar-refractivity contribution is 1.03. The molecule has 4 aromatic carbocycles. The van der Waals surface area contributed by atoms with Gasteiger partial charge in [-0.1, -0.05) is 151 Å². The van der Waals surface area contributed by atoms with E-state index >= 15 is 0 Å². The van der Waals surface area contributed by atoms with Crippen LogP contribution in [0.2, 0.25) is 0 Å². The van der Waals surface area contributed by atoms with Crippen LogP contribution in [0.1, 0.15) is 40.8 Å². The Labute approximate surface area is 286 Å². The molecule has 0 saturated heterocycles. The third-order valence-electron chi connectivity index (χ3n) is 9.15. The third-order valence-corrected chi connectivity index (χ3v) is 11.7. The van der Waals surface area contributed by atoms with Crippen LogP contribution in [0.4, 0.5) is 0 Å². The van der Waals surface area contributed by atoms with E-state index in [9.17, 15) is 0 Å². The lowest BCUT2D eigenvalue weighted by atomic mass is 9.97. The number of hydrogen-bond acceptors (Lipinski definition) is 1. The van der Waals surface area contributed by atoms with Gasteiger partial charge in [0.25, 0.3) is 0 Å². The summed E-state index contributed by atoms with van der Waals surface area (Å²) in [5.74, 6) is 0. The highest BCUT2D eigenvalue weighted by Crippen LogP contribution is 2.52. The highest BCUT2D eigenvalue weighted by molar-refractivity contribution is 8.12. The Balaban J connectivity index is 1.09. The van der Waals surface area contributed by atoms with Gasteiger partial charge in [-0.3, -0.25) is 0 Å². The molecule has 8 rings (SSSR count). The lowest BCUT2D eigenvalue weighted by Crippen LogP contribution is -1.96. The first-order valence-corrected chi connectivity index (χ1v) is 18.1. The van der Waals surface area contributed by atoms with Gasteiger partial charge in [-0.15, -0.1) is 0 Å². The quantitative estimate of drug-likeness (QED) is 0.126. The highest BCUT2D eigenvalue weighted by Gasteiger charge is 2.31.